The standard InChI is InChI=1S/C15H28.C10H12O3/c1-2-6-13-9-11-15(12-10-13)14-7-4-3-5-8-14;1-2-3-8-4-6-9(7-5-8)13-10(11)12/h13-15H,2-12H2,1H3;4-7H,2-3H2,1H3,(H,11,12). The molecular formula is C25H40O3. The van der Waals surface area contributed by atoms with Crippen molar-refractivity contribution >= 4 is 6.16 Å². The van der Waals surface area contributed by atoms with Gasteiger partial charge >= 0.3 is 6.16 Å². The number of hydrogen-bond acceptors (Lipinski definition) is 2. The minimum absolute atomic E-state index is 0.368. The van der Waals surface area contributed by atoms with Gasteiger partial charge in [0.05, 0.1) is 0 Å². The van der Waals surface area contributed by atoms with Gasteiger partial charge in [0.1, 0.15) is 5.75 Å². The molecule has 1 aromatic carbocycles. The highest BCUT2D eigenvalue weighted by molar-refractivity contribution is 5.61. The van der Waals surface area contributed by atoms with Crippen LogP contribution in [0.4, 0.5) is 4.79 Å². The number of hydrogen-bond donors (Lipinski definition) is 1. The molecule has 28 heavy (non-hydrogen) atoms. The van der Waals surface area contributed by atoms with Crippen LogP contribution in [0.5, 0.6) is 5.75 Å². The molecule has 0 heterocycles. The fourth-order valence-electron chi connectivity index (χ4n) is 5.08. The van der Waals surface area contributed by atoms with Crippen LogP contribution in [0.25, 0.3) is 0 Å². The molecule has 3 heteroatoms. The maximum atomic E-state index is 10.2. The summed E-state index contributed by atoms with van der Waals surface area (Å²) in [6.07, 6.45) is 17.6. The summed E-state index contributed by atoms with van der Waals surface area (Å²) in [6, 6.07) is 7.09. The van der Waals surface area contributed by atoms with Crippen LogP contribution >= 0.6 is 0 Å². The van der Waals surface area contributed by atoms with Crippen LogP contribution in [0.1, 0.15) is 96.5 Å². The van der Waals surface area contributed by atoms with Gasteiger partial charge in [0.15, 0.2) is 0 Å². The van der Waals surface area contributed by atoms with Crippen molar-refractivity contribution in [1.29, 1.82) is 0 Å². The van der Waals surface area contributed by atoms with Gasteiger partial charge in [-0.3, -0.25) is 0 Å². The highest BCUT2D eigenvalue weighted by atomic mass is 16.7. The molecule has 0 unspecified atom stereocenters. The Balaban J connectivity index is 0.000000203. The monoisotopic (exact) mass is 388 g/mol. The molecule has 2 aliphatic rings. The second-order valence-electron chi connectivity index (χ2n) is 8.73. The van der Waals surface area contributed by atoms with Crippen LogP contribution < -0.4 is 4.74 Å². The van der Waals surface area contributed by atoms with Crippen molar-refractivity contribution in [2.75, 3.05) is 0 Å². The van der Waals surface area contributed by atoms with Gasteiger partial charge in [0, 0.05) is 0 Å². The minimum atomic E-state index is -1.27. The lowest BCUT2D eigenvalue weighted by Crippen LogP contribution is -2.23. The molecule has 3 rings (SSSR count). The van der Waals surface area contributed by atoms with Gasteiger partial charge in [-0.05, 0) is 54.7 Å². The summed E-state index contributed by atoms with van der Waals surface area (Å²) in [6.45, 7) is 4.44. The summed E-state index contributed by atoms with van der Waals surface area (Å²) in [5.74, 6) is 3.71. The number of carboxylic acid groups (broad SMARTS) is 1. The normalized spacial score (nSPS) is 22.8. The van der Waals surface area contributed by atoms with E-state index < -0.39 is 6.16 Å². The van der Waals surface area contributed by atoms with E-state index in [-0.39, 0.29) is 0 Å². The summed E-state index contributed by atoms with van der Waals surface area (Å²) >= 11 is 0. The molecule has 1 aromatic rings. The van der Waals surface area contributed by atoms with Crippen LogP contribution in [0.3, 0.4) is 0 Å². The Kier molecular flexibility index (Phi) is 10.5. The fourth-order valence-corrected chi connectivity index (χ4v) is 5.08. The Hall–Kier alpha value is -1.51. The van der Waals surface area contributed by atoms with Gasteiger partial charge in [-0.25, -0.2) is 4.79 Å². The molecule has 0 aromatic heterocycles. The third-order valence-corrected chi connectivity index (χ3v) is 6.57. The number of ether oxygens (including phenoxy) is 1. The average Bonchev–Trinajstić information content (AvgIpc) is 2.71. The van der Waals surface area contributed by atoms with Gasteiger partial charge in [0.2, 0.25) is 0 Å². The maximum Gasteiger partial charge on any atom is 0.511 e. The van der Waals surface area contributed by atoms with E-state index in [2.05, 4.69) is 18.6 Å². The molecule has 0 aliphatic heterocycles. The molecule has 0 amide bonds. The van der Waals surface area contributed by atoms with Crippen LogP contribution in [0, 0.1) is 17.8 Å². The molecule has 0 bridgehead atoms. The van der Waals surface area contributed by atoms with Crippen LogP contribution in [-0.2, 0) is 6.42 Å². The smallest absolute Gasteiger partial charge is 0.449 e. The lowest BCUT2D eigenvalue weighted by atomic mass is 9.70. The van der Waals surface area contributed by atoms with E-state index in [4.69, 9.17) is 5.11 Å². The van der Waals surface area contributed by atoms with Crippen molar-refractivity contribution in [3.05, 3.63) is 29.8 Å². The Morgan fingerprint density at radius 3 is 2.04 bits per heavy atom. The van der Waals surface area contributed by atoms with Crippen LogP contribution in [-0.4, -0.2) is 11.3 Å². The lowest BCUT2D eigenvalue weighted by molar-refractivity contribution is 0.144. The maximum absolute atomic E-state index is 10.2. The molecule has 1 N–H and O–H groups in total. The number of benzene rings is 1. The number of rotatable bonds is 6. The summed E-state index contributed by atoms with van der Waals surface area (Å²) in [7, 11) is 0. The molecule has 2 fully saturated rings. The van der Waals surface area contributed by atoms with E-state index in [1.54, 1.807) is 50.7 Å². The van der Waals surface area contributed by atoms with E-state index in [1.165, 1.54) is 37.7 Å². The Labute approximate surface area is 171 Å². The third kappa shape index (κ3) is 8.24. The summed E-state index contributed by atoms with van der Waals surface area (Å²) in [5, 5.41) is 8.32. The minimum Gasteiger partial charge on any atom is -0.449 e. The zero-order chi connectivity index (χ0) is 20.2. The first-order valence-corrected chi connectivity index (χ1v) is 11.6. The zero-order valence-electron chi connectivity index (χ0n) is 18.0. The quantitative estimate of drug-likeness (QED) is 0.398. The molecule has 2 aliphatic carbocycles. The van der Waals surface area contributed by atoms with Gasteiger partial charge < -0.3 is 9.84 Å². The first kappa shape index (κ1) is 22.8. The second-order valence-corrected chi connectivity index (χ2v) is 8.73. The lowest BCUT2D eigenvalue weighted by Gasteiger charge is -2.35. The number of carbonyl (C=O) groups is 1. The molecule has 0 radical (unpaired) electrons. The van der Waals surface area contributed by atoms with Crippen molar-refractivity contribution in [2.45, 2.75) is 97.3 Å². The van der Waals surface area contributed by atoms with Gasteiger partial charge in [-0.1, -0.05) is 90.2 Å². The van der Waals surface area contributed by atoms with E-state index in [9.17, 15) is 4.79 Å². The average molecular weight is 389 g/mol. The molecule has 158 valence electrons. The van der Waals surface area contributed by atoms with Crippen LogP contribution in [0.2, 0.25) is 0 Å². The van der Waals surface area contributed by atoms with E-state index in [0.29, 0.717) is 5.75 Å². The predicted octanol–water partition coefficient (Wildman–Crippen LogP) is 7.87. The van der Waals surface area contributed by atoms with Crippen molar-refractivity contribution in [3.8, 4) is 5.75 Å². The largest absolute Gasteiger partial charge is 0.511 e. The van der Waals surface area contributed by atoms with E-state index in [0.717, 1.165) is 30.6 Å². The predicted molar refractivity (Wildman–Crippen MR) is 116 cm³/mol. The molecule has 0 saturated heterocycles. The summed E-state index contributed by atoms with van der Waals surface area (Å²) in [4.78, 5) is 10.2. The molecule has 3 nitrogen and oxygen atoms in total. The van der Waals surface area contributed by atoms with Gasteiger partial charge in [0.25, 0.3) is 0 Å². The van der Waals surface area contributed by atoms with E-state index >= 15 is 0 Å². The summed E-state index contributed by atoms with van der Waals surface area (Å²) in [5.41, 5.74) is 1.19. The van der Waals surface area contributed by atoms with Gasteiger partial charge in [-0.2, -0.15) is 0 Å². The van der Waals surface area contributed by atoms with Crippen molar-refractivity contribution in [1.82, 2.24) is 0 Å². The highest BCUT2D eigenvalue weighted by Crippen LogP contribution is 2.40. The first-order valence-electron chi connectivity index (χ1n) is 11.6. The molecular weight excluding hydrogens is 348 g/mol. The second kappa shape index (κ2) is 12.9. The highest BCUT2D eigenvalue weighted by Gasteiger charge is 2.27. The first-order chi connectivity index (χ1) is 13.6. The topological polar surface area (TPSA) is 46.5 Å². The summed E-state index contributed by atoms with van der Waals surface area (Å²) < 4.78 is 4.46. The molecule has 0 atom stereocenters. The zero-order valence-corrected chi connectivity index (χ0v) is 18.0. The Morgan fingerprint density at radius 2 is 1.50 bits per heavy atom. The van der Waals surface area contributed by atoms with Gasteiger partial charge in [-0.15, -0.1) is 0 Å². The number of aryl methyl sites for hydroxylation is 1. The van der Waals surface area contributed by atoms with Crippen LogP contribution in [0.15, 0.2) is 24.3 Å². The van der Waals surface area contributed by atoms with E-state index in [1.807, 2.05) is 12.1 Å². The SMILES string of the molecule is CCCC1CCC(C2CCCCC2)CC1.CCCc1ccc(OC(=O)O)cc1. The Morgan fingerprint density at radius 1 is 0.893 bits per heavy atom. The fraction of sp³-hybridized carbons (Fsp3) is 0.720. The van der Waals surface area contributed by atoms with Crippen molar-refractivity contribution < 1.29 is 14.6 Å². The molecule has 2 saturated carbocycles. The molecule has 0 spiro atoms. The Bertz CT molecular complexity index is 537. The van der Waals surface area contributed by atoms with Crippen molar-refractivity contribution in [2.24, 2.45) is 17.8 Å². The van der Waals surface area contributed by atoms with Crippen molar-refractivity contribution in [3.63, 3.8) is 0 Å². The third-order valence-electron chi connectivity index (χ3n) is 6.57.